The van der Waals surface area contributed by atoms with Crippen molar-refractivity contribution >= 4 is 22.7 Å². The van der Waals surface area contributed by atoms with Crippen LogP contribution in [0.3, 0.4) is 0 Å². The summed E-state index contributed by atoms with van der Waals surface area (Å²) >= 11 is 0.990. The monoisotopic (exact) mass is 215 g/mol. The summed E-state index contributed by atoms with van der Waals surface area (Å²) in [5, 5.41) is 2.11. The Kier molecular flexibility index (Phi) is 3.76. The Morgan fingerprint density at radius 2 is 2.29 bits per heavy atom. The molecule has 0 saturated carbocycles. The van der Waals surface area contributed by atoms with Crippen LogP contribution in [0.1, 0.15) is 0 Å². The molecule has 0 aromatic heterocycles. The van der Waals surface area contributed by atoms with Gasteiger partial charge in [0, 0.05) is 6.07 Å². The van der Waals surface area contributed by atoms with E-state index in [1.54, 1.807) is 12.3 Å². The van der Waals surface area contributed by atoms with E-state index in [1.165, 1.54) is 19.2 Å². The molecule has 0 fully saturated rings. The van der Waals surface area contributed by atoms with Gasteiger partial charge in [0.25, 0.3) is 5.24 Å². The van der Waals surface area contributed by atoms with E-state index in [1.807, 2.05) is 0 Å². The summed E-state index contributed by atoms with van der Waals surface area (Å²) in [6.45, 7) is 0. The molecule has 0 aliphatic rings. The van der Waals surface area contributed by atoms with E-state index < -0.39 is 5.82 Å². The Labute approximate surface area is 85.6 Å². The zero-order chi connectivity index (χ0) is 10.6. The first-order chi connectivity index (χ1) is 6.67. The maximum Gasteiger partial charge on any atom is 0.283 e. The number of rotatable bonds is 2. The largest absolute Gasteiger partial charge is 0.497 e. The predicted molar refractivity (Wildman–Crippen MR) is 55.5 cm³/mol. The minimum absolute atomic E-state index is 0.158. The van der Waals surface area contributed by atoms with Crippen molar-refractivity contribution in [3.8, 4) is 5.75 Å². The average molecular weight is 215 g/mol. The zero-order valence-corrected chi connectivity index (χ0v) is 8.65. The third kappa shape index (κ3) is 2.63. The van der Waals surface area contributed by atoms with Crippen molar-refractivity contribution in [3.05, 3.63) is 24.0 Å². The summed E-state index contributed by atoms with van der Waals surface area (Å²) in [7, 11) is 1.45. The Hall–Kier alpha value is -1.23. The van der Waals surface area contributed by atoms with Crippen LogP contribution in [0.4, 0.5) is 14.9 Å². The molecule has 1 N–H and O–H groups in total. The molecule has 0 aliphatic carbocycles. The standard InChI is InChI=1S/C9H10FNO2S/c1-13-6-3-4-8(7(10)5-6)11-9(12)14-2/h3-5H,1-2H3,(H,11,12). The highest BCUT2D eigenvalue weighted by Crippen LogP contribution is 2.21. The second-order valence-electron chi connectivity index (χ2n) is 2.46. The van der Waals surface area contributed by atoms with Crippen LogP contribution in [0.15, 0.2) is 18.2 Å². The van der Waals surface area contributed by atoms with E-state index in [9.17, 15) is 9.18 Å². The molecule has 0 bridgehead atoms. The van der Waals surface area contributed by atoms with Gasteiger partial charge in [-0.2, -0.15) is 0 Å². The van der Waals surface area contributed by atoms with Crippen LogP contribution in [-0.2, 0) is 0 Å². The maximum atomic E-state index is 13.2. The Balaban J connectivity index is 2.83. The smallest absolute Gasteiger partial charge is 0.283 e. The SMILES string of the molecule is COc1ccc(NC(=O)SC)c(F)c1. The molecule has 1 aromatic carbocycles. The highest BCUT2D eigenvalue weighted by atomic mass is 32.2. The highest BCUT2D eigenvalue weighted by molar-refractivity contribution is 8.13. The number of hydrogen-bond acceptors (Lipinski definition) is 3. The number of carbonyl (C=O) groups excluding carboxylic acids is 1. The van der Waals surface area contributed by atoms with E-state index in [-0.39, 0.29) is 10.9 Å². The van der Waals surface area contributed by atoms with E-state index in [4.69, 9.17) is 4.74 Å². The molecule has 0 spiro atoms. The molecule has 0 saturated heterocycles. The van der Waals surface area contributed by atoms with Gasteiger partial charge in [-0.05, 0) is 18.4 Å². The number of hydrogen-bond donors (Lipinski definition) is 1. The molecule has 3 nitrogen and oxygen atoms in total. The van der Waals surface area contributed by atoms with Gasteiger partial charge in [-0.3, -0.25) is 4.79 Å². The normalized spacial score (nSPS) is 9.64. The zero-order valence-electron chi connectivity index (χ0n) is 7.83. The van der Waals surface area contributed by atoms with Gasteiger partial charge in [-0.1, -0.05) is 11.8 Å². The highest BCUT2D eigenvalue weighted by Gasteiger charge is 2.06. The van der Waals surface area contributed by atoms with E-state index in [0.29, 0.717) is 5.75 Å². The van der Waals surface area contributed by atoms with Gasteiger partial charge in [0.2, 0.25) is 0 Å². The molecule has 0 aliphatic heterocycles. The number of methoxy groups -OCH3 is 1. The first-order valence-electron chi connectivity index (χ1n) is 3.86. The Morgan fingerprint density at radius 3 is 2.79 bits per heavy atom. The first kappa shape index (κ1) is 10.8. The van der Waals surface area contributed by atoms with Crippen LogP contribution in [0.25, 0.3) is 0 Å². The van der Waals surface area contributed by atoms with Gasteiger partial charge in [0.05, 0.1) is 12.8 Å². The third-order valence-electron chi connectivity index (χ3n) is 1.60. The molecule has 1 amide bonds. The number of ether oxygens (including phenoxy) is 1. The van der Waals surface area contributed by atoms with Gasteiger partial charge in [0.1, 0.15) is 11.6 Å². The van der Waals surface area contributed by atoms with Crippen molar-refractivity contribution in [2.24, 2.45) is 0 Å². The summed E-state index contributed by atoms with van der Waals surface area (Å²) in [5.74, 6) is -0.0867. The Morgan fingerprint density at radius 1 is 1.57 bits per heavy atom. The fraction of sp³-hybridized carbons (Fsp3) is 0.222. The van der Waals surface area contributed by atoms with Gasteiger partial charge < -0.3 is 10.1 Å². The number of carbonyl (C=O) groups is 1. The van der Waals surface area contributed by atoms with E-state index in [2.05, 4.69) is 5.32 Å². The summed E-state index contributed by atoms with van der Waals surface area (Å²) < 4.78 is 18.1. The summed E-state index contributed by atoms with van der Waals surface area (Å²) in [6, 6.07) is 4.26. The number of thioether (sulfide) groups is 1. The fourth-order valence-electron chi connectivity index (χ4n) is 0.885. The topological polar surface area (TPSA) is 38.3 Å². The van der Waals surface area contributed by atoms with Gasteiger partial charge in [0.15, 0.2) is 0 Å². The molecule has 0 atom stereocenters. The molecule has 0 heterocycles. The number of amides is 1. The second-order valence-corrected chi connectivity index (χ2v) is 3.24. The lowest BCUT2D eigenvalue weighted by atomic mass is 10.3. The van der Waals surface area contributed by atoms with E-state index in [0.717, 1.165) is 11.8 Å². The lowest BCUT2D eigenvalue weighted by molar-refractivity contribution is 0.269. The van der Waals surface area contributed by atoms with Crippen molar-refractivity contribution in [2.75, 3.05) is 18.7 Å². The second kappa shape index (κ2) is 4.85. The van der Waals surface area contributed by atoms with E-state index >= 15 is 0 Å². The summed E-state index contributed by atoms with van der Waals surface area (Å²) in [4.78, 5) is 10.9. The van der Waals surface area contributed by atoms with Crippen LogP contribution in [0, 0.1) is 5.82 Å². The van der Waals surface area contributed by atoms with Crippen molar-refractivity contribution in [1.29, 1.82) is 0 Å². The summed E-state index contributed by atoms with van der Waals surface area (Å²) in [5.41, 5.74) is 0.158. The molecular weight excluding hydrogens is 205 g/mol. The third-order valence-corrected chi connectivity index (χ3v) is 2.07. The molecule has 76 valence electrons. The average Bonchev–Trinajstić information content (AvgIpc) is 2.20. The van der Waals surface area contributed by atoms with Crippen molar-refractivity contribution in [3.63, 3.8) is 0 Å². The molecule has 1 aromatic rings. The molecule has 14 heavy (non-hydrogen) atoms. The van der Waals surface area contributed by atoms with Crippen molar-refractivity contribution in [1.82, 2.24) is 0 Å². The minimum Gasteiger partial charge on any atom is -0.497 e. The van der Waals surface area contributed by atoms with Gasteiger partial charge in [-0.25, -0.2) is 4.39 Å². The molecule has 0 radical (unpaired) electrons. The Bertz CT molecular complexity index is 344. The quantitative estimate of drug-likeness (QED) is 0.824. The van der Waals surface area contributed by atoms with Gasteiger partial charge >= 0.3 is 0 Å². The molecular formula is C9H10FNO2S. The predicted octanol–water partition coefficient (Wildman–Crippen LogP) is 2.73. The lowest BCUT2D eigenvalue weighted by Crippen LogP contribution is -2.05. The number of anilines is 1. The van der Waals surface area contributed by atoms with Crippen LogP contribution < -0.4 is 10.1 Å². The van der Waals surface area contributed by atoms with Crippen molar-refractivity contribution < 1.29 is 13.9 Å². The van der Waals surface area contributed by atoms with Gasteiger partial charge in [-0.15, -0.1) is 0 Å². The molecule has 0 unspecified atom stereocenters. The summed E-state index contributed by atoms with van der Waals surface area (Å²) in [6.07, 6.45) is 1.62. The van der Waals surface area contributed by atoms with Crippen LogP contribution in [-0.4, -0.2) is 18.6 Å². The number of halogens is 1. The molecule has 5 heteroatoms. The number of nitrogens with one attached hydrogen (secondary N) is 1. The number of benzene rings is 1. The molecule has 1 rings (SSSR count). The fourth-order valence-corrected chi connectivity index (χ4v) is 1.10. The van der Waals surface area contributed by atoms with Crippen LogP contribution >= 0.6 is 11.8 Å². The minimum atomic E-state index is -0.508. The lowest BCUT2D eigenvalue weighted by Gasteiger charge is -2.05. The maximum absolute atomic E-state index is 13.2. The van der Waals surface area contributed by atoms with Crippen LogP contribution in [0.5, 0.6) is 5.75 Å². The van der Waals surface area contributed by atoms with Crippen LogP contribution in [0.2, 0.25) is 0 Å². The first-order valence-corrected chi connectivity index (χ1v) is 5.08. The van der Waals surface area contributed by atoms with Crippen molar-refractivity contribution in [2.45, 2.75) is 0 Å².